The molecule has 0 spiro atoms. The van der Waals surface area contributed by atoms with E-state index in [9.17, 15) is 4.79 Å². The van der Waals surface area contributed by atoms with Crippen LogP contribution in [0.5, 0.6) is 11.5 Å². The number of ether oxygens (including phenoxy) is 2. The number of aromatic nitrogens is 1. The number of nitrogens with one attached hydrogen (secondary N) is 1. The summed E-state index contributed by atoms with van der Waals surface area (Å²) in [5.74, 6) is 0.740. The zero-order chi connectivity index (χ0) is 21.7. The molecule has 0 bridgehead atoms. The van der Waals surface area contributed by atoms with E-state index < -0.39 is 0 Å². The molecule has 0 aliphatic heterocycles. The summed E-state index contributed by atoms with van der Waals surface area (Å²) in [6.07, 6.45) is 1.66. The third kappa shape index (κ3) is 4.89. The molecule has 0 aliphatic rings. The molecule has 0 atom stereocenters. The first-order chi connectivity index (χ1) is 14.4. The number of rotatable bonds is 7. The lowest BCUT2D eigenvalue weighted by atomic mass is 10.1. The number of amides is 1. The van der Waals surface area contributed by atoms with Crippen LogP contribution in [0.25, 0.3) is 5.69 Å². The number of para-hydroxylation sites is 2. The Balaban J connectivity index is 1.66. The molecule has 6 heteroatoms. The van der Waals surface area contributed by atoms with Crippen LogP contribution in [-0.4, -0.2) is 30.4 Å². The van der Waals surface area contributed by atoms with E-state index in [0.717, 1.165) is 22.6 Å². The minimum absolute atomic E-state index is 0.153. The van der Waals surface area contributed by atoms with Crippen LogP contribution in [0.4, 0.5) is 0 Å². The Hall–Kier alpha value is -3.54. The Morgan fingerprint density at radius 3 is 2.37 bits per heavy atom. The fraction of sp³-hybridized carbons (Fsp3) is 0.250. The van der Waals surface area contributed by atoms with Gasteiger partial charge in [0, 0.05) is 22.6 Å². The Morgan fingerprint density at radius 1 is 1.03 bits per heavy atom. The monoisotopic (exact) mass is 405 g/mol. The van der Waals surface area contributed by atoms with Crippen LogP contribution in [0.3, 0.4) is 0 Å². The van der Waals surface area contributed by atoms with Crippen LogP contribution in [0.1, 0.15) is 28.1 Å². The van der Waals surface area contributed by atoms with Crippen LogP contribution >= 0.6 is 0 Å². The molecular formula is C24H27N3O3. The molecule has 3 rings (SSSR count). The summed E-state index contributed by atoms with van der Waals surface area (Å²) < 4.78 is 12.9. The van der Waals surface area contributed by atoms with Gasteiger partial charge in [-0.3, -0.25) is 4.79 Å². The van der Waals surface area contributed by atoms with Crippen molar-refractivity contribution in [2.75, 3.05) is 13.7 Å². The summed E-state index contributed by atoms with van der Waals surface area (Å²) in [6.45, 7) is 8.13. The van der Waals surface area contributed by atoms with E-state index >= 15 is 0 Å². The van der Waals surface area contributed by atoms with Crippen LogP contribution in [-0.2, 0) is 4.79 Å². The standard InChI is InChI=1S/C24H27N3O3/c1-16-10-17(2)12-21(11-16)27-18(3)13-20(19(27)4)14-25-26-24(28)15-30-23-9-7-6-8-22(23)29-5/h6-14H,15H2,1-5H3,(H,26,28)/b25-14+. The highest BCUT2D eigenvalue weighted by Gasteiger charge is 2.11. The molecule has 0 saturated heterocycles. The number of methoxy groups -OCH3 is 1. The van der Waals surface area contributed by atoms with Crippen molar-refractivity contribution in [3.63, 3.8) is 0 Å². The van der Waals surface area contributed by atoms with Gasteiger partial charge in [-0.15, -0.1) is 0 Å². The molecular weight excluding hydrogens is 378 g/mol. The molecule has 1 aromatic heterocycles. The lowest BCUT2D eigenvalue weighted by Gasteiger charge is -2.11. The second-order valence-electron chi connectivity index (χ2n) is 7.24. The quantitative estimate of drug-likeness (QED) is 0.472. The van der Waals surface area contributed by atoms with Gasteiger partial charge in [0.05, 0.1) is 13.3 Å². The van der Waals surface area contributed by atoms with Crippen molar-refractivity contribution < 1.29 is 14.3 Å². The second-order valence-corrected chi connectivity index (χ2v) is 7.24. The van der Waals surface area contributed by atoms with E-state index in [2.05, 4.69) is 54.1 Å². The number of carbonyl (C=O) groups excluding carboxylic acids is 1. The Bertz CT molecular complexity index is 1060. The topological polar surface area (TPSA) is 64.8 Å². The SMILES string of the molecule is COc1ccccc1OCC(=O)N/N=C/c1cc(C)n(-c2cc(C)cc(C)c2)c1C. The molecule has 0 unspecified atom stereocenters. The molecule has 156 valence electrons. The summed E-state index contributed by atoms with van der Waals surface area (Å²) in [6, 6.07) is 15.7. The van der Waals surface area contributed by atoms with Gasteiger partial charge < -0.3 is 14.0 Å². The normalized spacial score (nSPS) is 11.0. The minimum atomic E-state index is -0.347. The average Bonchev–Trinajstić information content (AvgIpc) is 2.99. The number of nitrogens with zero attached hydrogens (tertiary/aromatic N) is 2. The molecule has 1 N–H and O–H groups in total. The summed E-state index contributed by atoms with van der Waals surface area (Å²) in [7, 11) is 1.56. The molecule has 2 aromatic carbocycles. The average molecular weight is 405 g/mol. The largest absolute Gasteiger partial charge is 0.493 e. The number of hydrogen-bond donors (Lipinski definition) is 1. The van der Waals surface area contributed by atoms with Gasteiger partial charge in [-0.2, -0.15) is 5.10 Å². The molecule has 0 saturated carbocycles. The van der Waals surface area contributed by atoms with Crippen molar-refractivity contribution in [2.24, 2.45) is 5.10 Å². The van der Waals surface area contributed by atoms with Crippen LogP contribution in [0.2, 0.25) is 0 Å². The number of hydrazone groups is 1. The highest BCUT2D eigenvalue weighted by Crippen LogP contribution is 2.25. The number of benzene rings is 2. The van der Waals surface area contributed by atoms with Crippen LogP contribution in [0.15, 0.2) is 53.6 Å². The third-order valence-electron chi connectivity index (χ3n) is 4.76. The summed E-state index contributed by atoms with van der Waals surface area (Å²) in [5, 5.41) is 4.09. The fourth-order valence-electron chi connectivity index (χ4n) is 3.48. The van der Waals surface area contributed by atoms with Crippen molar-refractivity contribution in [1.82, 2.24) is 9.99 Å². The van der Waals surface area contributed by atoms with Crippen LogP contribution in [0, 0.1) is 27.7 Å². The third-order valence-corrected chi connectivity index (χ3v) is 4.76. The first kappa shape index (κ1) is 21.2. The molecule has 0 aliphatic carbocycles. The van der Waals surface area contributed by atoms with Crippen molar-refractivity contribution in [3.8, 4) is 17.2 Å². The van der Waals surface area contributed by atoms with Crippen molar-refractivity contribution in [2.45, 2.75) is 27.7 Å². The van der Waals surface area contributed by atoms with Gasteiger partial charge in [-0.25, -0.2) is 5.43 Å². The van der Waals surface area contributed by atoms with Crippen LogP contribution < -0.4 is 14.9 Å². The predicted molar refractivity (Wildman–Crippen MR) is 119 cm³/mol. The maximum absolute atomic E-state index is 12.1. The molecule has 3 aromatic rings. The zero-order valence-corrected chi connectivity index (χ0v) is 18.0. The smallest absolute Gasteiger partial charge is 0.277 e. The molecule has 6 nitrogen and oxygen atoms in total. The second kappa shape index (κ2) is 9.31. The molecule has 30 heavy (non-hydrogen) atoms. The Kier molecular flexibility index (Phi) is 6.57. The first-order valence-electron chi connectivity index (χ1n) is 9.74. The van der Waals surface area contributed by atoms with Gasteiger partial charge in [-0.05, 0) is 69.2 Å². The van der Waals surface area contributed by atoms with Gasteiger partial charge in [0.15, 0.2) is 18.1 Å². The van der Waals surface area contributed by atoms with Gasteiger partial charge in [0.1, 0.15) is 0 Å². The lowest BCUT2D eigenvalue weighted by molar-refractivity contribution is -0.123. The first-order valence-corrected chi connectivity index (χ1v) is 9.74. The van der Waals surface area contributed by atoms with Gasteiger partial charge in [0.2, 0.25) is 0 Å². The molecule has 1 amide bonds. The minimum Gasteiger partial charge on any atom is -0.493 e. The summed E-state index contributed by atoms with van der Waals surface area (Å²) in [5.41, 5.74) is 9.17. The Morgan fingerprint density at radius 2 is 1.70 bits per heavy atom. The maximum atomic E-state index is 12.1. The molecule has 0 radical (unpaired) electrons. The maximum Gasteiger partial charge on any atom is 0.277 e. The highest BCUT2D eigenvalue weighted by atomic mass is 16.5. The van der Waals surface area contributed by atoms with E-state index in [-0.39, 0.29) is 12.5 Å². The van der Waals surface area contributed by atoms with E-state index in [1.54, 1.807) is 25.5 Å². The predicted octanol–water partition coefficient (Wildman–Crippen LogP) is 4.25. The highest BCUT2D eigenvalue weighted by molar-refractivity contribution is 5.84. The van der Waals surface area contributed by atoms with Crippen molar-refractivity contribution in [1.29, 1.82) is 0 Å². The number of carbonyl (C=O) groups is 1. The van der Waals surface area contributed by atoms with Gasteiger partial charge in [-0.1, -0.05) is 18.2 Å². The summed E-state index contributed by atoms with van der Waals surface area (Å²) >= 11 is 0. The summed E-state index contributed by atoms with van der Waals surface area (Å²) in [4.78, 5) is 12.1. The number of aryl methyl sites for hydroxylation is 3. The fourth-order valence-corrected chi connectivity index (χ4v) is 3.48. The zero-order valence-electron chi connectivity index (χ0n) is 18.0. The van der Waals surface area contributed by atoms with Gasteiger partial charge in [0.25, 0.3) is 5.91 Å². The van der Waals surface area contributed by atoms with Crippen molar-refractivity contribution in [3.05, 3.63) is 76.6 Å². The van der Waals surface area contributed by atoms with Gasteiger partial charge >= 0.3 is 0 Å². The lowest BCUT2D eigenvalue weighted by Crippen LogP contribution is -2.24. The molecule has 0 fully saturated rings. The van der Waals surface area contributed by atoms with E-state index in [1.165, 1.54) is 11.1 Å². The van der Waals surface area contributed by atoms with Crippen molar-refractivity contribution >= 4 is 12.1 Å². The number of hydrogen-bond acceptors (Lipinski definition) is 4. The van der Waals surface area contributed by atoms with E-state index in [0.29, 0.717) is 11.5 Å². The van der Waals surface area contributed by atoms with E-state index in [1.807, 2.05) is 25.1 Å². The molecule has 1 heterocycles. The van der Waals surface area contributed by atoms with E-state index in [4.69, 9.17) is 9.47 Å². The Labute approximate surface area is 177 Å².